The van der Waals surface area contributed by atoms with E-state index in [1.807, 2.05) is 11.4 Å². The first-order valence-corrected chi connectivity index (χ1v) is 6.77. The molecule has 0 aliphatic carbocycles. The zero-order valence-corrected chi connectivity index (χ0v) is 10.1. The highest BCUT2D eigenvalue weighted by Gasteiger charge is 2.26. The van der Waals surface area contributed by atoms with Crippen molar-refractivity contribution in [2.45, 2.75) is 10.6 Å². The Kier molecular flexibility index (Phi) is 2.52. The molecule has 86 valence electrons. The molecule has 1 aromatic heterocycles. The van der Waals surface area contributed by atoms with Gasteiger partial charge in [-0.25, -0.2) is 8.78 Å². The summed E-state index contributed by atoms with van der Waals surface area (Å²) in [5.74, 6) is -1.73. The lowest BCUT2D eigenvalue weighted by Crippen LogP contribution is -2.05. The van der Waals surface area contributed by atoms with Gasteiger partial charge < -0.3 is 0 Å². The third-order valence-electron chi connectivity index (χ3n) is 2.65. The number of thioether (sulfide) groups is 1. The second kappa shape index (κ2) is 3.92. The van der Waals surface area contributed by atoms with Gasteiger partial charge in [-0.05, 0) is 23.6 Å². The minimum absolute atomic E-state index is 0.170. The zero-order chi connectivity index (χ0) is 12.0. The van der Waals surface area contributed by atoms with Crippen molar-refractivity contribution in [2.75, 3.05) is 0 Å². The van der Waals surface area contributed by atoms with Crippen molar-refractivity contribution in [3.63, 3.8) is 0 Å². The normalized spacial score (nSPS) is 14.1. The predicted molar refractivity (Wildman–Crippen MR) is 63.7 cm³/mol. The second-order valence-corrected chi connectivity index (χ2v) is 5.55. The van der Waals surface area contributed by atoms with E-state index >= 15 is 0 Å². The molecule has 0 amide bonds. The number of fused-ring (bicyclic) bond motifs is 2. The van der Waals surface area contributed by atoms with Crippen LogP contribution in [0.3, 0.4) is 0 Å². The smallest absolute Gasteiger partial charge is 0.204 e. The molecule has 0 N–H and O–H groups in total. The molecule has 1 aliphatic heterocycles. The molecule has 0 saturated carbocycles. The quantitative estimate of drug-likeness (QED) is 0.721. The lowest BCUT2D eigenvalue weighted by molar-refractivity contribution is 0.103. The summed E-state index contributed by atoms with van der Waals surface area (Å²) in [6, 6.07) is 4.21. The van der Waals surface area contributed by atoms with E-state index in [0.717, 1.165) is 11.0 Å². The lowest BCUT2D eigenvalue weighted by Gasteiger charge is -2.05. The first-order chi connectivity index (χ1) is 8.18. The van der Waals surface area contributed by atoms with E-state index in [4.69, 9.17) is 0 Å². The average Bonchev–Trinajstić information content (AvgIpc) is 2.74. The summed E-state index contributed by atoms with van der Waals surface area (Å²) >= 11 is 2.70. The van der Waals surface area contributed by atoms with Gasteiger partial charge in [0.25, 0.3) is 0 Å². The average molecular weight is 268 g/mol. The Morgan fingerprint density at radius 3 is 2.82 bits per heavy atom. The second-order valence-electron chi connectivity index (χ2n) is 3.62. The van der Waals surface area contributed by atoms with Crippen molar-refractivity contribution >= 4 is 28.9 Å². The predicted octanol–water partition coefficient (Wildman–Crippen LogP) is 3.86. The molecule has 0 spiro atoms. The Morgan fingerprint density at radius 1 is 1.18 bits per heavy atom. The highest BCUT2D eigenvalue weighted by atomic mass is 32.2. The standard InChI is InChI=1S/C12H6F2OS2/c13-8-2-1-6-7(10(8)14)5-17-9-3-4-16-12(9)11(6)15/h1-4H,5H2. The number of thiophene rings is 1. The third-order valence-corrected chi connectivity index (χ3v) is 4.77. The summed E-state index contributed by atoms with van der Waals surface area (Å²) < 4.78 is 26.8. The first kappa shape index (κ1) is 10.9. The summed E-state index contributed by atoms with van der Waals surface area (Å²) in [7, 11) is 0. The number of ketones is 1. The molecule has 0 bridgehead atoms. The van der Waals surface area contributed by atoms with Crippen LogP contribution in [0.15, 0.2) is 28.5 Å². The van der Waals surface area contributed by atoms with Crippen LogP contribution in [0.4, 0.5) is 8.78 Å². The molecule has 0 radical (unpaired) electrons. The van der Waals surface area contributed by atoms with E-state index in [2.05, 4.69) is 0 Å². The van der Waals surface area contributed by atoms with Gasteiger partial charge in [-0.1, -0.05) is 0 Å². The van der Waals surface area contributed by atoms with Gasteiger partial charge in [-0.2, -0.15) is 0 Å². The van der Waals surface area contributed by atoms with Crippen LogP contribution in [0.2, 0.25) is 0 Å². The molecule has 2 aromatic rings. The number of hydrogen-bond acceptors (Lipinski definition) is 3. The van der Waals surface area contributed by atoms with Crippen molar-refractivity contribution in [1.29, 1.82) is 0 Å². The molecule has 3 rings (SSSR count). The monoisotopic (exact) mass is 268 g/mol. The Hall–Kier alpha value is -1.20. The summed E-state index contributed by atoms with van der Waals surface area (Å²) in [5.41, 5.74) is 0.445. The van der Waals surface area contributed by atoms with E-state index < -0.39 is 11.6 Å². The number of benzene rings is 1. The Labute approximate surface area is 104 Å². The SMILES string of the molecule is O=C1c2ccc(F)c(F)c2CSc2ccsc21. The molecular formula is C12H6F2OS2. The first-order valence-electron chi connectivity index (χ1n) is 4.90. The van der Waals surface area contributed by atoms with Crippen LogP contribution < -0.4 is 0 Å². The number of rotatable bonds is 0. The summed E-state index contributed by atoms with van der Waals surface area (Å²) in [6.45, 7) is 0. The van der Waals surface area contributed by atoms with Crippen LogP contribution in [-0.2, 0) is 5.75 Å². The summed E-state index contributed by atoms with van der Waals surface area (Å²) in [5, 5.41) is 1.83. The molecule has 0 unspecified atom stereocenters. The van der Waals surface area contributed by atoms with Gasteiger partial charge in [0.2, 0.25) is 5.78 Å². The highest BCUT2D eigenvalue weighted by Crippen LogP contribution is 2.37. The van der Waals surface area contributed by atoms with Gasteiger partial charge in [0, 0.05) is 21.8 Å². The fourth-order valence-electron chi connectivity index (χ4n) is 1.80. The van der Waals surface area contributed by atoms with Gasteiger partial charge >= 0.3 is 0 Å². The largest absolute Gasteiger partial charge is 0.288 e. The zero-order valence-electron chi connectivity index (χ0n) is 8.50. The number of carbonyl (C=O) groups excluding carboxylic acids is 1. The molecule has 1 aromatic carbocycles. The summed E-state index contributed by atoms with van der Waals surface area (Å²) in [4.78, 5) is 13.6. The minimum Gasteiger partial charge on any atom is -0.288 e. The molecule has 0 fully saturated rings. The fraction of sp³-hybridized carbons (Fsp3) is 0.0833. The topological polar surface area (TPSA) is 17.1 Å². The number of halogens is 2. The van der Waals surface area contributed by atoms with Crippen molar-refractivity contribution in [2.24, 2.45) is 0 Å². The number of carbonyl (C=O) groups is 1. The van der Waals surface area contributed by atoms with Crippen molar-refractivity contribution < 1.29 is 13.6 Å². The van der Waals surface area contributed by atoms with E-state index in [0.29, 0.717) is 4.88 Å². The van der Waals surface area contributed by atoms with Gasteiger partial charge in [0.05, 0.1) is 4.88 Å². The van der Waals surface area contributed by atoms with Crippen LogP contribution in [0.5, 0.6) is 0 Å². The van der Waals surface area contributed by atoms with Crippen molar-refractivity contribution in [3.8, 4) is 0 Å². The van der Waals surface area contributed by atoms with E-state index in [-0.39, 0.29) is 22.7 Å². The minimum atomic E-state index is -0.904. The molecule has 2 heterocycles. The molecule has 1 nitrogen and oxygen atoms in total. The van der Waals surface area contributed by atoms with Crippen LogP contribution in [-0.4, -0.2) is 5.78 Å². The van der Waals surface area contributed by atoms with Crippen LogP contribution in [0.25, 0.3) is 0 Å². The van der Waals surface area contributed by atoms with E-state index in [1.165, 1.54) is 29.2 Å². The molecular weight excluding hydrogens is 262 g/mol. The van der Waals surface area contributed by atoms with Crippen LogP contribution in [0.1, 0.15) is 20.8 Å². The Balaban J connectivity index is 2.24. The molecule has 0 saturated heterocycles. The van der Waals surface area contributed by atoms with E-state index in [1.54, 1.807) is 0 Å². The van der Waals surface area contributed by atoms with Gasteiger partial charge in [-0.15, -0.1) is 23.1 Å². The molecule has 1 aliphatic rings. The molecule has 17 heavy (non-hydrogen) atoms. The lowest BCUT2D eigenvalue weighted by atomic mass is 10.0. The summed E-state index contributed by atoms with van der Waals surface area (Å²) in [6.07, 6.45) is 0. The van der Waals surface area contributed by atoms with Gasteiger partial charge in [-0.3, -0.25) is 4.79 Å². The van der Waals surface area contributed by atoms with Crippen LogP contribution >= 0.6 is 23.1 Å². The maximum Gasteiger partial charge on any atom is 0.204 e. The van der Waals surface area contributed by atoms with Crippen molar-refractivity contribution in [3.05, 3.63) is 51.2 Å². The van der Waals surface area contributed by atoms with Crippen molar-refractivity contribution in [1.82, 2.24) is 0 Å². The third kappa shape index (κ3) is 1.61. The number of hydrogen-bond donors (Lipinski definition) is 0. The Bertz CT molecular complexity index is 619. The van der Waals surface area contributed by atoms with Gasteiger partial charge in [0.1, 0.15) is 0 Å². The van der Waals surface area contributed by atoms with Gasteiger partial charge in [0.15, 0.2) is 11.6 Å². The Morgan fingerprint density at radius 2 is 2.00 bits per heavy atom. The maximum atomic E-state index is 13.6. The highest BCUT2D eigenvalue weighted by molar-refractivity contribution is 7.98. The molecule has 0 atom stereocenters. The van der Waals surface area contributed by atoms with Crippen LogP contribution in [0, 0.1) is 11.6 Å². The van der Waals surface area contributed by atoms with E-state index in [9.17, 15) is 13.6 Å². The molecule has 5 heteroatoms. The fourth-order valence-corrected chi connectivity index (χ4v) is 3.91. The maximum absolute atomic E-state index is 13.6.